The molecule has 1 aliphatic rings. The van der Waals surface area contributed by atoms with Crippen LogP contribution in [0.2, 0.25) is 5.02 Å². The topological polar surface area (TPSA) is 55.2 Å². The van der Waals surface area contributed by atoms with Crippen molar-refractivity contribution in [1.82, 2.24) is 14.5 Å². The van der Waals surface area contributed by atoms with E-state index in [0.717, 1.165) is 13.0 Å². The summed E-state index contributed by atoms with van der Waals surface area (Å²) in [7, 11) is 0. The number of rotatable bonds is 3. The van der Waals surface area contributed by atoms with Gasteiger partial charge in [-0.05, 0) is 24.6 Å². The Balaban J connectivity index is 1.99. The normalized spacial score (nSPS) is 18.7. The minimum absolute atomic E-state index is 0.102. The predicted molar refractivity (Wildman–Crippen MR) is 81.5 cm³/mol. The first-order valence-corrected chi connectivity index (χ1v) is 7.42. The summed E-state index contributed by atoms with van der Waals surface area (Å²) in [6, 6.07) is 4.90. The molecule has 0 bridgehead atoms. The van der Waals surface area contributed by atoms with E-state index in [9.17, 15) is 9.59 Å². The highest BCUT2D eigenvalue weighted by Gasteiger charge is 2.30. The summed E-state index contributed by atoms with van der Waals surface area (Å²) in [5.41, 5.74) is 0.464. The number of hydrogen-bond acceptors (Lipinski definition) is 3. The lowest BCUT2D eigenvalue weighted by Crippen LogP contribution is -2.29. The third-order valence-corrected chi connectivity index (χ3v) is 4.06. The third-order valence-electron chi connectivity index (χ3n) is 3.83. The van der Waals surface area contributed by atoms with Gasteiger partial charge in [0.05, 0.1) is 23.3 Å². The van der Waals surface area contributed by atoms with Crippen molar-refractivity contribution >= 4 is 28.4 Å². The number of halogens is 1. The Morgan fingerprint density at radius 3 is 2.95 bits per heavy atom. The Labute approximate surface area is 127 Å². The van der Waals surface area contributed by atoms with Crippen LogP contribution in [0, 0.1) is 0 Å². The van der Waals surface area contributed by atoms with Gasteiger partial charge in [-0.1, -0.05) is 18.5 Å². The summed E-state index contributed by atoms with van der Waals surface area (Å²) < 4.78 is 1.57. The standard InChI is InChI=1S/C15H16ClN3O2/c1-2-5-18-8-11(7-14(18)20)19-9-17-13-6-10(16)3-4-12(13)15(19)21/h3-4,6,9,11H,2,5,7-8H2,1H3/t11-/m0/s1. The van der Waals surface area contributed by atoms with Gasteiger partial charge in [-0.15, -0.1) is 0 Å². The van der Waals surface area contributed by atoms with E-state index in [4.69, 9.17) is 11.6 Å². The minimum atomic E-state index is -0.135. The molecule has 0 unspecified atom stereocenters. The van der Waals surface area contributed by atoms with E-state index >= 15 is 0 Å². The summed E-state index contributed by atoms with van der Waals surface area (Å²) >= 11 is 5.91. The van der Waals surface area contributed by atoms with Crippen LogP contribution in [0.5, 0.6) is 0 Å². The third kappa shape index (κ3) is 2.53. The molecule has 1 atom stereocenters. The number of hydrogen-bond donors (Lipinski definition) is 0. The Hall–Kier alpha value is -1.88. The number of amides is 1. The highest BCUT2D eigenvalue weighted by atomic mass is 35.5. The van der Waals surface area contributed by atoms with Gasteiger partial charge in [0.2, 0.25) is 5.91 Å². The summed E-state index contributed by atoms with van der Waals surface area (Å²) in [4.78, 5) is 30.6. The van der Waals surface area contributed by atoms with Gasteiger partial charge in [-0.3, -0.25) is 14.2 Å². The molecule has 110 valence electrons. The molecule has 0 aliphatic carbocycles. The van der Waals surface area contributed by atoms with Crippen molar-refractivity contribution in [3.63, 3.8) is 0 Å². The predicted octanol–water partition coefficient (Wildman–Crippen LogP) is 2.23. The van der Waals surface area contributed by atoms with Crippen molar-refractivity contribution in [2.75, 3.05) is 13.1 Å². The summed E-state index contributed by atoms with van der Waals surface area (Å²) in [5.74, 6) is 0.102. The van der Waals surface area contributed by atoms with Crippen molar-refractivity contribution in [2.45, 2.75) is 25.8 Å². The first-order chi connectivity index (χ1) is 10.1. The monoisotopic (exact) mass is 305 g/mol. The second-order valence-electron chi connectivity index (χ2n) is 5.32. The quantitative estimate of drug-likeness (QED) is 0.874. The van der Waals surface area contributed by atoms with Crippen molar-refractivity contribution in [2.24, 2.45) is 0 Å². The molecule has 2 heterocycles. The fourth-order valence-electron chi connectivity index (χ4n) is 2.79. The lowest BCUT2D eigenvalue weighted by Gasteiger charge is -2.16. The van der Waals surface area contributed by atoms with Gasteiger partial charge in [0.15, 0.2) is 0 Å². The van der Waals surface area contributed by atoms with Gasteiger partial charge in [0.1, 0.15) is 0 Å². The molecule has 1 amide bonds. The SMILES string of the molecule is CCCN1C[C@@H](n2cnc3cc(Cl)ccc3c2=O)CC1=O. The zero-order valence-electron chi connectivity index (χ0n) is 11.8. The van der Waals surface area contributed by atoms with E-state index in [1.807, 2.05) is 11.8 Å². The Kier molecular flexibility index (Phi) is 3.68. The van der Waals surface area contributed by atoms with Crippen LogP contribution in [0.3, 0.4) is 0 Å². The molecule has 1 aliphatic heterocycles. The molecule has 0 saturated carbocycles. The van der Waals surface area contributed by atoms with Gasteiger partial charge in [-0.25, -0.2) is 4.98 Å². The van der Waals surface area contributed by atoms with Crippen LogP contribution in [-0.2, 0) is 4.79 Å². The second-order valence-corrected chi connectivity index (χ2v) is 5.75. The fourth-order valence-corrected chi connectivity index (χ4v) is 2.96. The minimum Gasteiger partial charge on any atom is -0.341 e. The van der Waals surface area contributed by atoms with Crippen molar-refractivity contribution in [3.05, 3.63) is 39.9 Å². The molecular formula is C15H16ClN3O2. The van der Waals surface area contributed by atoms with E-state index in [-0.39, 0.29) is 17.5 Å². The van der Waals surface area contributed by atoms with E-state index in [1.54, 1.807) is 22.8 Å². The number of fused-ring (bicyclic) bond motifs is 1. The van der Waals surface area contributed by atoms with Gasteiger partial charge in [0, 0.05) is 24.5 Å². The largest absolute Gasteiger partial charge is 0.341 e. The molecule has 1 aromatic heterocycles. The maximum Gasteiger partial charge on any atom is 0.261 e. The van der Waals surface area contributed by atoms with Crippen LogP contribution in [0.25, 0.3) is 10.9 Å². The van der Waals surface area contributed by atoms with Crippen LogP contribution < -0.4 is 5.56 Å². The van der Waals surface area contributed by atoms with Crippen molar-refractivity contribution < 1.29 is 4.79 Å². The molecule has 0 spiro atoms. The molecule has 1 aromatic carbocycles. The number of nitrogens with zero attached hydrogens (tertiary/aromatic N) is 3. The highest BCUT2D eigenvalue weighted by molar-refractivity contribution is 6.31. The zero-order chi connectivity index (χ0) is 15.0. The molecule has 3 rings (SSSR count). The van der Waals surface area contributed by atoms with Gasteiger partial charge in [-0.2, -0.15) is 0 Å². The van der Waals surface area contributed by atoms with E-state index in [0.29, 0.717) is 28.9 Å². The summed E-state index contributed by atoms with van der Waals surface area (Å²) in [5, 5.41) is 1.08. The molecule has 1 saturated heterocycles. The molecule has 0 radical (unpaired) electrons. The lowest BCUT2D eigenvalue weighted by atomic mass is 10.2. The van der Waals surface area contributed by atoms with Crippen LogP contribution in [-0.4, -0.2) is 33.4 Å². The van der Waals surface area contributed by atoms with Crippen LogP contribution in [0.1, 0.15) is 25.8 Å². The molecule has 1 fully saturated rings. The van der Waals surface area contributed by atoms with Gasteiger partial charge >= 0.3 is 0 Å². The zero-order valence-corrected chi connectivity index (χ0v) is 12.5. The molecule has 21 heavy (non-hydrogen) atoms. The van der Waals surface area contributed by atoms with Crippen molar-refractivity contribution in [1.29, 1.82) is 0 Å². The Morgan fingerprint density at radius 2 is 2.19 bits per heavy atom. The maximum absolute atomic E-state index is 12.5. The van der Waals surface area contributed by atoms with Gasteiger partial charge < -0.3 is 4.90 Å². The number of likely N-dealkylation sites (tertiary alicyclic amines) is 1. The first kappa shape index (κ1) is 14.1. The number of carbonyl (C=O) groups is 1. The molecule has 5 nitrogen and oxygen atoms in total. The molecule has 6 heteroatoms. The second kappa shape index (κ2) is 5.48. The fraction of sp³-hybridized carbons (Fsp3) is 0.400. The van der Waals surface area contributed by atoms with E-state index in [1.165, 1.54) is 6.33 Å². The van der Waals surface area contributed by atoms with Crippen molar-refractivity contribution in [3.8, 4) is 0 Å². The Bertz CT molecular complexity index is 756. The highest BCUT2D eigenvalue weighted by Crippen LogP contribution is 2.22. The van der Waals surface area contributed by atoms with Gasteiger partial charge in [0.25, 0.3) is 5.56 Å². The average Bonchev–Trinajstić information content (AvgIpc) is 2.80. The van der Waals surface area contributed by atoms with E-state index in [2.05, 4.69) is 4.98 Å². The summed E-state index contributed by atoms with van der Waals surface area (Å²) in [6.45, 7) is 3.35. The Morgan fingerprint density at radius 1 is 1.38 bits per heavy atom. The van der Waals surface area contributed by atoms with Crippen LogP contribution in [0.15, 0.2) is 29.3 Å². The number of aromatic nitrogens is 2. The number of benzene rings is 1. The lowest BCUT2D eigenvalue weighted by molar-refractivity contribution is -0.127. The average molecular weight is 306 g/mol. The molecule has 2 aromatic rings. The van der Waals surface area contributed by atoms with E-state index < -0.39 is 0 Å². The maximum atomic E-state index is 12.5. The number of carbonyl (C=O) groups excluding carboxylic acids is 1. The molecular weight excluding hydrogens is 290 g/mol. The molecule has 0 N–H and O–H groups in total. The summed E-state index contributed by atoms with van der Waals surface area (Å²) in [6.07, 6.45) is 2.80. The smallest absolute Gasteiger partial charge is 0.261 e. The first-order valence-electron chi connectivity index (χ1n) is 7.04. The van der Waals surface area contributed by atoms with Crippen LogP contribution in [0.4, 0.5) is 0 Å². The van der Waals surface area contributed by atoms with Crippen LogP contribution >= 0.6 is 11.6 Å².